The van der Waals surface area contributed by atoms with Gasteiger partial charge < -0.3 is 4.74 Å². The Balaban J connectivity index is 1.63. The van der Waals surface area contributed by atoms with Gasteiger partial charge in [0.05, 0.1) is 11.1 Å². The van der Waals surface area contributed by atoms with Crippen LogP contribution in [0.4, 0.5) is 0 Å². The molecule has 0 aliphatic heterocycles. The second kappa shape index (κ2) is 8.45. The van der Waals surface area contributed by atoms with Gasteiger partial charge in [-0.1, -0.05) is 42.2 Å². The van der Waals surface area contributed by atoms with E-state index in [1.54, 1.807) is 0 Å². The maximum atomic E-state index is 5.71. The minimum absolute atomic E-state index is 0.732. The zero-order valence-electron chi connectivity index (χ0n) is 11.3. The van der Waals surface area contributed by atoms with Crippen molar-refractivity contribution >= 4 is 15.9 Å². The van der Waals surface area contributed by atoms with Crippen LogP contribution in [0.25, 0.3) is 0 Å². The molecule has 0 N–H and O–H groups in total. The molecule has 0 bridgehead atoms. The molecule has 0 saturated carbocycles. The van der Waals surface area contributed by atoms with Crippen LogP contribution in [0.5, 0.6) is 5.75 Å². The van der Waals surface area contributed by atoms with Gasteiger partial charge in [0.25, 0.3) is 0 Å². The van der Waals surface area contributed by atoms with Gasteiger partial charge in [-0.25, -0.2) is 0 Å². The molecule has 0 radical (unpaired) electrons. The van der Waals surface area contributed by atoms with Crippen LogP contribution in [-0.4, -0.2) is 6.61 Å². The lowest BCUT2D eigenvalue weighted by Crippen LogP contribution is -1.97. The van der Waals surface area contributed by atoms with Crippen molar-refractivity contribution in [1.29, 1.82) is 0 Å². The van der Waals surface area contributed by atoms with E-state index in [9.17, 15) is 0 Å². The van der Waals surface area contributed by atoms with Crippen molar-refractivity contribution in [3.05, 3.63) is 64.6 Å². The Kier molecular flexibility index (Phi) is 6.20. The molecule has 0 spiro atoms. The maximum absolute atomic E-state index is 5.71. The van der Waals surface area contributed by atoms with Gasteiger partial charge in [-0.15, -0.1) is 0 Å². The quantitative estimate of drug-likeness (QED) is 0.551. The Hall–Kier alpha value is -1.72. The van der Waals surface area contributed by atoms with E-state index in [-0.39, 0.29) is 0 Å². The molecular weight excluding hydrogens is 312 g/mol. The van der Waals surface area contributed by atoms with E-state index in [0.29, 0.717) is 0 Å². The van der Waals surface area contributed by atoms with E-state index in [0.717, 1.165) is 41.7 Å². The summed E-state index contributed by atoms with van der Waals surface area (Å²) < 4.78 is 6.71. The third-order valence-corrected chi connectivity index (χ3v) is 3.45. The van der Waals surface area contributed by atoms with Gasteiger partial charge in [0, 0.05) is 12.0 Å². The number of rotatable bonds is 5. The van der Waals surface area contributed by atoms with Crippen molar-refractivity contribution in [3.8, 4) is 17.6 Å². The van der Waals surface area contributed by atoms with Gasteiger partial charge >= 0.3 is 0 Å². The number of ether oxygens (including phenoxy) is 1. The first-order valence-electron chi connectivity index (χ1n) is 6.77. The number of halogens is 1. The molecule has 1 nitrogen and oxygen atoms in total. The summed E-state index contributed by atoms with van der Waals surface area (Å²) in [4.78, 5) is 0. The van der Waals surface area contributed by atoms with Crippen LogP contribution in [0.15, 0.2) is 59.1 Å². The first-order valence-corrected chi connectivity index (χ1v) is 7.57. The van der Waals surface area contributed by atoms with Crippen molar-refractivity contribution in [2.45, 2.75) is 19.3 Å². The molecule has 102 valence electrons. The number of hydrogen-bond acceptors (Lipinski definition) is 1. The lowest BCUT2D eigenvalue weighted by molar-refractivity contribution is 0.306. The lowest BCUT2D eigenvalue weighted by Gasteiger charge is -2.06. The molecule has 0 aliphatic rings. The Morgan fingerprint density at radius 3 is 2.45 bits per heavy atom. The van der Waals surface area contributed by atoms with Gasteiger partial charge in [-0.3, -0.25) is 0 Å². The standard InChI is InChI=1S/C18H17BrO/c19-17-13-7-8-14-18(17)20-15-9-2-1-4-10-16-11-5-3-6-12-16/h3,5-8,11-14H,1-2,9,15H2. The van der Waals surface area contributed by atoms with E-state index in [2.05, 4.69) is 27.8 Å². The third-order valence-electron chi connectivity index (χ3n) is 2.80. The predicted octanol–water partition coefficient (Wildman–Crippen LogP) is 5.05. The summed E-state index contributed by atoms with van der Waals surface area (Å²) in [7, 11) is 0. The van der Waals surface area contributed by atoms with Gasteiger partial charge in [0.2, 0.25) is 0 Å². The van der Waals surface area contributed by atoms with Gasteiger partial charge in [-0.05, 0) is 53.0 Å². The van der Waals surface area contributed by atoms with Gasteiger partial charge in [0.1, 0.15) is 5.75 Å². The first kappa shape index (κ1) is 14.7. The highest BCUT2D eigenvalue weighted by molar-refractivity contribution is 9.10. The summed E-state index contributed by atoms with van der Waals surface area (Å²) in [6.45, 7) is 0.732. The monoisotopic (exact) mass is 328 g/mol. The van der Waals surface area contributed by atoms with E-state index >= 15 is 0 Å². The van der Waals surface area contributed by atoms with E-state index < -0.39 is 0 Å². The minimum Gasteiger partial charge on any atom is -0.492 e. The number of hydrogen-bond donors (Lipinski definition) is 0. The van der Waals surface area contributed by atoms with Crippen molar-refractivity contribution in [2.24, 2.45) is 0 Å². The summed E-state index contributed by atoms with van der Waals surface area (Å²) in [6.07, 6.45) is 2.99. The molecule has 0 atom stereocenters. The van der Waals surface area contributed by atoms with Crippen molar-refractivity contribution in [3.63, 3.8) is 0 Å². The van der Waals surface area contributed by atoms with Gasteiger partial charge in [-0.2, -0.15) is 0 Å². The average Bonchev–Trinajstić information content (AvgIpc) is 2.49. The molecule has 2 aromatic rings. The number of unbranched alkanes of at least 4 members (excludes halogenated alkanes) is 2. The Bertz CT molecular complexity index is 581. The molecule has 0 aliphatic carbocycles. The largest absolute Gasteiger partial charge is 0.492 e. The van der Waals surface area contributed by atoms with Crippen molar-refractivity contribution < 1.29 is 4.74 Å². The summed E-state index contributed by atoms with van der Waals surface area (Å²) in [5, 5.41) is 0. The second-order valence-corrected chi connectivity index (χ2v) is 5.26. The Labute approximate surface area is 129 Å². The smallest absolute Gasteiger partial charge is 0.133 e. The van der Waals surface area contributed by atoms with Crippen LogP contribution in [-0.2, 0) is 0 Å². The lowest BCUT2D eigenvalue weighted by atomic mass is 10.2. The molecule has 0 saturated heterocycles. The molecule has 2 aromatic carbocycles. The van der Waals surface area contributed by atoms with Crippen LogP contribution in [0.1, 0.15) is 24.8 Å². The van der Waals surface area contributed by atoms with Crippen molar-refractivity contribution in [1.82, 2.24) is 0 Å². The molecule has 0 fully saturated rings. The summed E-state index contributed by atoms with van der Waals surface area (Å²) in [5.41, 5.74) is 1.08. The molecule has 0 aromatic heterocycles. The number of benzene rings is 2. The second-order valence-electron chi connectivity index (χ2n) is 4.40. The fourth-order valence-corrected chi connectivity index (χ4v) is 2.14. The summed E-state index contributed by atoms with van der Waals surface area (Å²) in [6, 6.07) is 18.0. The molecule has 2 heteroatoms. The highest BCUT2D eigenvalue weighted by atomic mass is 79.9. The average molecular weight is 329 g/mol. The maximum Gasteiger partial charge on any atom is 0.133 e. The highest BCUT2D eigenvalue weighted by Gasteiger charge is 1.97. The topological polar surface area (TPSA) is 9.23 Å². The Morgan fingerprint density at radius 1 is 0.900 bits per heavy atom. The number of para-hydroxylation sites is 1. The zero-order chi connectivity index (χ0) is 14.0. The molecule has 20 heavy (non-hydrogen) atoms. The zero-order valence-corrected chi connectivity index (χ0v) is 12.9. The van der Waals surface area contributed by atoms with Crippen molar-refractivity contribution in [2.75, 3.05) is 6.61 Å². The van der Waals surface area contributed by atoms with E-state index in [1.165, 1.54) is 0 Å². The normalized spacial score (nSPS) is 9.65. The fraction of sp³-hybridized carbons (Fsp3) is 0.222. The fourth-order valence-electron chi connectivity index (χ4n) is 1.75. The predicted molar refractivity (Wildman–Crippen MR) is 86.8 cm³/mol. The van der Waals surface area contributed by atoms with Crippen LogP contribution in [0, 0.1) is 11.8 Å². The van der Waals surface area contributed by atoms with E-state index in [1.807, 2.05) is 54.6 Å². The minimum atomic E-state index is 0.732. The van der Waals surface area contributed by atoms with Crippen LogP contribution >= 0.6 is 15.9 Å². The molecule has 0 amide bonds. The molecule has 0 heterocycles. The van der Waals surface area contributed by atoms with Gasteiger partial charge in [0.15, 0.2) is 0 Å². The van der Waals surface area contributed by atoms with Crippen LogP contribution in [0.2, 0.25) is 0 Å². The summed E-state index contributed by atoms with van der Waals surface area (Å²) in [5.74, 6) is 7.27. The molecule has 2 rings (SSSR count). The SMILES string of the molecule is Brc1ccccc1OCCCCC#Cc1ccccc1. The van der Waals surface area contributed by atoms with Crippen LogP contribution < -0.4 is 4.74 Å². The first-order chi connectivity index (χ1) is 9.86. The third kappa shape index (κ3) is 5.11. The summed E-state index contributed by atoms with van der Waals surface area (Å²) >= 11 is 3.47. The van der Waals surface area contributed by atoms with Crippen LogP contribution in [0.3, 0.4) is 0 Å². The van der Waals surface area contributed by atoms with E-state index in [4.69, 9.17) is 4.74 Å². The highest BCUT2D eigenvalue weighted by Crippen LogP contribution is 2.23. The molecule has 0 unspecified atom stereocenters. The molecular formula is C18H17BrO. The Morgan fingerprint density at radius 2 is 1.65 bits per heavy atom.